The highest BCUT2D eigenvalue weighted by Crippen LogP contribution is 2.22. The summed E-state index contributed by atoms with van der Waals surface area (Å²) in [7, 11) is -3.72. The molecule has 0 radical (unpaired) electrons. The van der Waals surface area contributed by atoms with Crippen LogP contribution in [0.4, 0.5) is 0 Å². The van der Waals surface area contributed by atoms with Gasteiger partial charge in [-0.25, -0.2) is 4.83 Å². The summed E-state index contributed by atoms with van der Waals surface area (Å²) in [5.41, 5.74) is 2.97. The van der Waals surface area contributed by atoms with Crippen molar-refractivity contribution in [1.29, 1.82) is 0 Å². The highest BCUT2D eigenvalue weighted by molar-refractivity contribution is 14.1. The maximum absolute atomic E-state index is 12.4. The number of halogens is 2. The molecular formula is C22H17ClIN3O2S. The minimum atomic E-state index is -3.72. The molecule has 0 saturated carbocycles. The second-order valence-electron chi connectivity index (χ2n) is 6.66. The fourth-order valence-electron chi connectivity index (χ4n) is 3.13. The van der Waals surface area contributed by atoms with Crippen molar-refractivity contribution in [3.05, 3.63) is 98.7 Å². The van der Waals surface area contributed by atoms with Crippen LogP contribution in [-0.4, -0.2) is 19.2 Å². The first kappa shape index (κ1) is 20.9. The molecule has 0 fully saturated rings. The van der Waals surface area contributed by atoms with Gasteiger partial charge in [0, 0.05) is 37.8 Å². The number of hydrogen-bond acceptors (Lipinski definition) is 3. The van der Waals surface area contributed by atoms with Gasteiger partial charge in [-0.05, 0) is 70.6 Å². The number of hydrogen-bond donors (Lipinski definition) is 1. The minimum Gasteiger partial charge on any atom is -0.342 e. The van der Waals surface area contributed by atoms with E-state index in [1.807, 2.05) is 54.7 Å². The minimum absolute atomic E-state index is 0.172. The van der Waals surface area contributed by atoms with Crippen LogP contribution < -0.4 is 4.83 Å². The third kappa shape index (κ3) is 4.69. The summed E-state index contributed by atoms with van der Waals surface area (Å²) in [6.45, 7) is 0.667. The van der Waals surface area contributed by atoms with Gasteiger partial charge in [0.25, 0.3) is 10.0 Å². The summed E-state index contributed by atoms with van der Waals surface area (Å²) in [5, 5.41) is 5.69. The molecule has 1 N–H and O–H groups in total. The van der Waals surface area contributed by atoms with Gasteiger partial charge in [-0.1, -0.05) is 41.9 Å². The van der Waals surface area contributed by atoms with Crippen LogP contribution in [0, 0.1) is 3.57 Å². The van der Waals surface area contributed by atoms with Gasteiger partial charge in [0.1, 0.15) is 0 Å². The molecular weight excluding hydrogens is 533 g/mol. The molecule has 0 atom stereocenters. The first-order valence-corrected chi connectivity index (χ1v) is 12.0. The lowest BCUT2D eigenvalue weighted by atomic mass is 10.2. The van der Waals surface area contributed by atoms with Crippen LogP contribution in [0.15, 0.2) is 89.0 Å². The van der Waals surface area contributed by atoms with Crippen LogP contribution >= 0.6 is 34.2 Å². The van der Waals surface area contributed by atoms with E-state index in [1.54, 1.807) is 24.3 Å². The summed E-state index contributed by atoms with van der Waals surface area (Å²) in [6.07, 6.45) is 3.49. The van der Waals surface area contributed by atoms with E-state index in [0.29, 0.717) is 11.6 Å². The standard InChI is InChI=1S/C22H17ClIN3O2S/c23-18-7-5-16(6-8-18)14-27-15-17(21-3-1-2-4-22(21)27)13-25-26-30(28,29)20-11-9-19(24)10-12-20/h1-13,15,26H,14H2/b25-13-. The Bertz CT molecular complexity index is 1320. The van der Waals surface area contributed by atoms with Gasteiger partial charge in [-0.3, -0.25) is 0 Å². The highest BCUT2D eigenvalue weighted by Gasteiger charge is 2.12. The van der Waals surface area contributed by atoms with Crippen molar-refractivity contribution < 1.29 is 8.42 Å². The first-order chi connectivity index (χ1) is 14.4. The fourth-order valence-corrected chi connectivity index (χ4v) is 4.40. The summed E-state index contributed by atoms with van der Waals surface area (Å²) in [6, 6.07) is 22.2. The molecule has 0 spiro atoms. The molecule has 30 heavy (non-hydrogen) atoms. The van der Waals surface area contributed by atoms with Gasteiger partial charge in [0.15, 0.2) is 0 Å². The molecule has 1 aromatic heterocycles. The zero-order valence-electron chi connectivity index (χ0n) is 15.7. The molecule has 1 heterocycles. The van der Waals surface area contributed by atoms with Gasteiger partial charge in [-0.2, -0.15) is 13.5 Å². The Morgan fingerprint density at radius 2 is 1.70 bits per heavy atom. The zero-order chi connectivity index (χ0) is 21.1. The number of fused-ring (bicyclic) bond motifs is 1. The predicted octanol–water partition coefficient (Wildman–Crippen LogP) is 5.26. The number of para-hydroxylation sites is 1. The average molecular weight is 550 g/mol. The quantitative estimate of drug-likeness (QED) is 0.203. The number of nitrogens with one attached hydrogen (secondary N) is 1. The summed E-state index contributed by atoms with van der Waals surface area (Å²) < 4.78 is 27.9. The van der Waals surface area contributed by atoms with E-state index in [0.717, 1.165) is 25.6 Å². The number of rotatable bonds is 6. The maximum Gasteiger partial charge on any atom is 0.276 e. The summed E-state index contributed by atoms with van der Waals surface area (Å²) in [5.74, 6) is 0. The van der Waals surface area contributed by atoms with Gasteiger partial charge in [0.2, 0.25) is 0 Å². The van der Waals surface area contributed by atoms with E-state index < -0.39 is 10.0 Å². The van der Waals surface area contributed by atoms with Crippen LogP contribution in [-0.2, 0) is 16.6 Å². The second kappa shape index (κ2) is 8.79. The molecule has 3 aromatic carbocycles. The Hall–Kier alpha value is -2.36. The first-order valence-electron chi connectivity index (χ1n) is 9.05. The van der Waals surface area contributed by atoms with E-state index in [1.165, 1.54) is 6.21 Å². The fraction of sp³-hybridized carbons (Fsp3) is 0.0455. The van der Waals surface area contributed by atoms with Crippen molar-refractivity contribution in [2.45, 2.75) is 11.4 Å². The molecule has 0 amide bonds. The van der Waals surface area contributed by atoms with E-state index in [4.69, 9.17) is 11.6 Å². The van der Waals surface area contributed by atoms with Crippen molar-refractivity contribution in [2.75, 3.05) is 0 Å². The Morgan fingerprint density at radius 3 is 2.43 bits per heavy atom. The van der Waals surface area contributed by atoms with Gasteiger partial charge in [0.05, 0.1) is 11.1 Å². The van der Waals surface area contributed by atoms with Crippen LogP contribution in [0.25, 0.3) is 10.9 Å². The van der Waals surface area contributed by atoms with Gasteiger partial charge in [-0.15, -0.1) is 0 Å². The molecule has 5 nitrogen and oxygen atoms in total. The molecule has 0 aliphatic rings. The third-order valence-corrected chi connectivity index (χ3v) is 6.80. The van der Waals surface area contributed by atoms with Gasteiger partial charge < -0.3 is 4.57 Å². The number of nitrogens with zero attached hydrogens (tertiary/aromatic N) is 2. The lowest BCUT2D eigenvalue weighted by Gasteiger charge is -2.05. The third-order valence-electron chi connectivity index (χ3n) is 4.59. The van der Waals surface area contributed by atoms with Crippen molar-refractivity contribution in [1.82, 2.24) is 9.40 Å². The van der Waals surface area contributed by atoms with Gasteiger partial charge >= 0.3 is 0 Å². The van der Waals surface area contributed by atoms with Crippen LogP contribution in [0.5, 0.6) is 0 Å². The molecule has 4 aromatic rings. The van der Waals surface area contributed by atoms with Crippen molar-refractivity contribution in [3.8, 4) is 0 Å². The number of hydrazone groups is 1. The Kier molecular flexibility index (Phi) is 6.12. The van der Waals surface area contributed by atoms with Crippen LogP contribution in [0.2, 0.25) is 5.02 Å². The predicted molar refractivity (Wildman–Crippen MR) is 130 cm³/mol. The maximum atomic E-state index is 12.4. The molecule has 0 bridgehead atoms. The SMILES string of the molecule is O=S(=O)(N/N=C\c1cn(Cc2ccc(Cl)cc2)c2ccccc12)c1ccc(I)cc1. The number of sulfonamides is 1. The molecule has 0 aliphatic carbocycles. The highest BCUT2D eigenvalue weighted by atomic mass is 127. The van der Waals surface area contributed by atoms with Crippen LogP contribution in [0.3, 0.4) is 0 Å². The van der Waals surface area contributed by atoms with E-state index in [-0.39, 0.29) is 4.90 Å². The molecule has 4 rings (SSSR count). The average Bonchev–Trinajstić information content (AvgIpc) is 3.08. The van der Waals surface area contributed by atoms with E-state index >= 15 is 0 Å². The zero-order valence-corrected chi connectivity index (χ0v) is 19.4. The number of aromatic nitrogens is 1. The largest absolute Gasteiger partial charge is 0.342 e. The summed E-state index contributed by atoms with van der Waals surface area (Å²) >= 11 is 8.11. The van der Waals surface area contributed by atoms with Crippen molar-refractivity contribution in [2.24, 2.45) is 5.10 Å². The summed E-state index contributed by atoms with van der Waals surface area (Å²) in [4.78, 5) is 2.46. The lowest BCUT2D eigenvalue weighted by molar-refractivity contribution is 0.584. The Morgan fingerprint density at radius 1 is 1.00 bits per heavy atom. The molecule has 0 saturated heterocycles. The molecule has 0 aliphatic heterocycles. The number of benzene rings is 3. The monoisotopic (exact) mass is 549 g/mol. The Labute approximate surface area is 193 Å². The smallest absolute Gasteiger partial charge is 0.276 e. The second-order valence-corrected chi connectivity index (χ2v) is 10.0. The normalized spacial score (nSPS) is 11.9. The van der Waals surface area contributed by atoms with E-state index in [9.17, 15) is 8.42 Å². The van der Waals surface area contributed by atoms with Crippen molar-refractivity contribution in [3.63, 3.8) is 0 Å². The van der Waals surface area contributed by atoms with Crippen LogP contribution in [0.1, 0.15) is 11.1 Å². The van der Waals surface area contributed by atoms with E-state index in [2.05, 4.69) is 37.1 Å². The Balaban J connectivity index is 1.59. The molecule has 8 heteroatoms. The molecule has 0 unspecified atom stereocenters. The lowest BCUT2D eigenvalue weighted by Crippen LogP contribution is -2.18. The topological polar surface area (TPSA) is 63.5 Å². The van der Waals surface area contributed by atoms with Crippen molar-refractivity contribution >= 4 is 61.3 Å². The molecule has 152 valence electrons.